The fraction of sp³-hybridized carbons (Fsp3) is 0.667. The van der Waals surface area contributed by atoms with Gasteiger partial charge in [-0.3, -0.25) is 9.59 Å². The summed E-state index contributed by atoms with van der Waals surface area (Å²) >= 11 is 0. The van der Waals surface area contributed by atoms with Gasteiger partial charge in [-0.15, -0.1) is 0 Å². The fourth-order valence-corrected chi connectivity index (χ4v) is 10.4. The van der Waals surface area contributed by atoms with Crippen molar-refractivity contribution >= 4 is 38.0 Å². The standard InChI is InChI=1S/C36H58O2.C24H34O5.3C2H6OSi/c1-34(2,3)28(23-22-27-18-14-13-15-19-27)24-25-30-29(20-16-11-12-17-21-33(37)38-10)31(35(4,5)6)26-32(30)36(7,8)9;1-29-24(28)12-8-3-2-7-11-20-21(23(27)17-22(20)26)16-15-19(25)14-13-18-9-5-4-6-10-18;3*1-4(2)3/h11,13-16,18-19,24-25,28-32H,12,17,20-23,26H2,1-10H3;2,4-7,9-10,15-16,19-23,25-27H,3,8,11-14,17H2,1H3;3*1-2H3/b16-11-,25-24+;7-2-,16-15+;;;/t28-,29+,30+,31-,32+;19-,20+,21+,22-,23+;;;/m00.../s1. The predicted octanol–water partition coefficient (Wildman–Crippen LogP) is 15.3. The number of ether oxygens (including phenoxy) is 2. The van der Waals surface area contributed by atoms with E-state index < -0.39 is 44.4 Å². The molecule has 10 nitrogen and oxygen atoms in total. The van der Waals surface area contributed by atoms with E-state index in [0.717, 1.165) is 44.9 Å². The number of aliphatic hydroxyl groups excluding tert-OH is 3. The number of methoxy groups -OCH3 is 2. The second kappa shape index (κ2) is 40.5. The van der Waals surface area contributed by atoms with Crippen LogP contribution in [0.4, 0.5) is 0 Å². The van der Waals surface area contributed by atoms with Crippen LogP contribution in [0.15, 0.2) is 109 Å². The number of hydrogen-bond acceptors (Lipinski definition) is 10. The summed E-state index contributed by atoms with van der Waals surface area (Å²) in [5, 5.41) is 30.9. The highest BCUT2D eigenvalue weighted by Crippen LogP contribution is 2.56. The Balaban J connectivity index is 0.00000130. The first kappa shape index (κ1) is 75.3. The Morgan fingerprint density at radius 3 is 1.38 bits per heavy atom. The number of carbonyl (C=O) groups excluding carboxylic acids is 2. The van der Waals surface area contributed by atoms with E-state index in [1.54, 1.807) is 45.4 Å². The van der Waals surface area contributed by atoms with E-state index in [2.05, 4.69) is 122 Å². The maximum Gasteiger partial charge on any atom is 0.305 e. The van der Waals surface area contributed by atoms with E-state index in [9.17, 15) is 38.3 Å². The van der Waals surface area contributed by atoms with Crippen molar-refractivity contribution in [3.63, 3.8) is 0 Å². The minimum absolute atomic E-state index is 0.0700. The van der Waals surface area contributed by atoms with Crippen LogP contribution < -0.4 is 0 Å². The second-order valence-corrected chi connectivity index (χ2v) is 30.9. The molecule has 2 aromatic carbocycles. The minimum Gasteiger partial charge on any atom is -0.469 e. The molecule has 0 unspecified atom stereocenters. The Morgan fingerprint density at radius 2 is 0.975 bits per heavy atom. The molecule has 0 amide bonds. The van der Waals surface area contributed by atoms with Crippen LogP contribution in [0, 0.1) is 57.7 Å². The van der Waals surface area contributed by atoms with Gasteiger partial charge in [-0.05, 0) is 173 Å². The van der Waals surface area contributed by atoms with Crippen LogP contribution in [0.1, 0.15) is 150 Å². The van der Waals surface area contributed by atoms with Gasteiger partial charge in [0.05, 0.1) is 32.5 Å². The van der Waals surface area contributed by atoms with Crippen molar-refractivity contribution in [1.29, 1.82) is 0 Å². The third-order valence-electron chi connectivity index (χ3n) is 14.6. The number of allylic oxidation sites excluding steroid dienone is 6. The highest BCUT2D eigenvalue weighted by molar-refractivity contribution is 6.39. The molecule has 0 bridgehead atoms. The Hall–Kier alpha value is -3.73. The molecule has 0 spiro atoms. The number of esters is 2. The summed E-state index contributed by atoms with van der Waals surface area (Å²) in [5.41, 5.74) is 3.42. The summed E-state index contributed by atoms with van der Waals surface area (Å²) in [6, 6.07) is 21.0. The zero-order valence-corrected chi connectivity index (χ0v) is 55.3. The van der Waals surface area contributed by atoms with Gasteiger partial charge in [0.25, 0.3) is 26.0 Å². The number of rotatable bonds is 22. The Kier molecular flexibility index (Phi) is 38.6. The summed E-state index contributed by atoms with van der Waals surface area (Å²) in [6.45, 7) is 32.1. The lowest BCUT2D eigenvalue weighted by Crippen LogP contribution is -2.27. The van der Waals surface area contributed by atoms with Crippen molar-refractivity contribution < 1.29 is 47.8 Å². The molecule has 0 aliphatic heterocycles. The average molecular weight is 1150 g/mol. The molecule has 13 heteroatoms. The molecule has 2 saturated carbocycles. The molecule has 0 heterocycles. The van der Waals surface area contributed by atoms with Gasteiger partial charge < -0.3 is 38.2 Å². The summed E-state index contributed by atoms with van der Waals surface area (Å²) in [5.74, 6) is 2.59. The lowest BCUT2D eigenvalue weighted by atomic mass is 9.70. The molecular weight excluding hydrogens is 1040 g/mol. The van der Waals surface area contributed by atoms with Crippen LogP contribution in [0.5, 0.6) is 0 Å². The van der Waals surface area contributed by atoms with Crippen molar-refractivity contribution in [2.24, 2.45) is 57.7 Å². The van der Waals surface area contributed by atoms with Crippen molar-refractivity contribution in [3.05, 3.63) is 120 Å². The molecule has 2 aliphatic rings. The van der Waals surface area contributed by atoms with Gasteiger partial charge in [-0.2, -0.15) is 0 Å². The molecule has 10 atom stereocenters. The topological polar surface area (TPSA) is 164 Å². The molecule has 0 aromatic heterocycles. The number of carbonyl (C=O) groups is 2. The molecule has 79 heavy (non-hydrogen) atoms. The lowest BCUT2D eigenvalue weighted by molar-refractivity contribution is -0.141. The van der Waals surface area contributed by atoms with Gasteiger partial charge in [-0.25, -0.2) is 0 Å². The monoisotopic (exact) mass is 1150 g/mol. The minimum atomic E-state index is -1.13. The van der Waals surface area contributed by atoms with E-state index >= 15 is 0 Å². The van der Waals surface area contributed by atoms with Crippen LogP contribution in [0.3, 0.4) is 0 Å². The smallest absolute Gasteiger partial charge is 0.305 e. The number of unbranched alkanes of at least 4 members (excludes halogenated alkanes) is 2. The van der Waals surface area contributed by atoms with Gasteiger partial charge in [0.2, 0.25) is 0 Å². The third-order valence-corrected chi connectivity index (χ3v) is 14.6. The molecule has 3 N–H and O–H groups in total. The predicted molar refractivity (Wildman–Crippen MR) is 332 cm³/mol. The first-order valence-electron chi connectivity index (χ1n) is 29.2. The Bertz CT molecular complexity index is 2090. The molecule has 2 aromatic rings. The van der Waals surface area contributed by atoms with Crippen molar-refractivity contribution in [3.8, 4) is 0 Å². The van der Waals surface area contributed by atoms with Crippen molar-refractivity contribution in [1.82, 2.24) is 0 Å². The van der Waals surface area contributed by atoms with Gasteiger partial charge in [0.15, 0.2) is 0 Å². The summed E-state index contributed by atoms with van der Waals surface area (Å²) in [4.78, 5) is 22.5. The van der Waals surface area contributed by atoms with Crippen LogP contribution in [-0.2, 0) is 45.3 Å². The molecule has 0 radical (unpaired) electrons. The number of benzene rings is 2. The van der Waals surface area contributed by atoms with E-state index in [0.29, 0.717) is 61.7 Å². The summed E-state index contributed by atoms with van der Waals surface area (Å²) < 4.78 is 38.3. The van der Waals surface area contributed by atoms with Crippen LogP contribution in [0.25, 0.3) is 0 Å². The molecule has 2 aliphatic carbocycles. The van der Waals surface area contributed by atoms with E-state index in [-0.39, 0.29) is 40.0 Å². The lowest BCUT2D eigenvalue weighted by Gasteiger charge is -2.35. The highest BCUT2D eigenvalue weighted by Gasteiger charge is 2.49. The van der Waals surface area contributed by atoms with Crippen LogP contribution in [0.2, 0.25) is 39.3 Å². The number of hydrogen-bond donors (Lipinski definition) is 3. The fourth-order valence-electron chi connectivity index (χ4n) is 10.4. The zero-order chi connectivity index (χ0) is 60.4. The highest BCUT2D eigenvalue weighted by atomic mass is 28.3. The van der Waals surface area contributed by atoms with Crippen molar-refractivity contribution in [2.75, 3.05) is 14.2 Å². The largest absolute Gasteiger partial charge is 0.469 e. The number of aryl methyl sites for hydroxylation is 2. The SMILES string of the molecule is COC(=O)CCC/C=C\C[C@@H]1[C@@H](/C=C/[C@@H](O)CCc2ccccc2)[C@H](O)C[C@@H]1O.COC(=O)CCC/C=C\C[C@@H]1[C@@H](/C=C/[C@H](CCc2ccccc2)C(C)(C)C)[C@H](C(C)(C)C)C[C@@H]1C(C)(C)C.C[Si](C)=O.C[Si](C)=O.C[Si](C)=O. The molecule has 446 valence electrons. The quantitative estimate of drug-likeness (QED) is 0.0447. The third kappa shape index (κ3) is 35.7. The molecule has 2 fully saturated rings. The van der Waals surface area contributed by atoms with Crippen LogP contribution in [-0.4, -0.2) is 85.8 Å². The average Bonchev–Trinajstić information content (AvgIpc) is 3.90. The maximum absolute atomic E-state index is 11.5. The zero-order valence-electron chi connectivity index (χ0n) is 52.3. The molecule has 4 rings (SSSR count). The van der Waals surface area contributed by atoms with Gasteiger partial charge >= 0.3 is 11.9 Å². The van der Waals surface area contributed by atoms with Gasteiger partial charge in [0.1, 0.15) is 0 Å². The van der Waals surface area contributed by atoms with E-state index in [1.807, 2.05) is 48.6 Å². The van der Waals surface area contributed by atoms with Gasteiger partial charge in [-0.1, -0.05) is 172 Å². The summed E-state index contributed by atoms with van der Waals surface area (Å²) in [6.07, 6.45) is 27.2. The first-order chi connectivity index (χ1) is 36.8. The van der Waals surface area contributed by atoms with Gasteiger partial charge in [0, 0.05) is 25.2 Å². The Labute approximate surface area is 485 Å². The molecule has 0 saturated heterocycles. The second-order valence-electron chi connectivity index (χ2n) is 25.5. The number of aliphatic hydroxyl groups is 3. The van der Waals surface area contributed by atoms with Crippen LogP contribution >= 0.6 is 0 Å². The van der Waals surface area contributed by atoms with Crippen molar-refractivity contribution in [2.45, 2.75) is 210 Å². The normalized spacial score (nSPS) is 21.9. The first-order valence-corrected chi connectivity index (χ1v) is 36.4. The van der Waals surface area contributed by atoms with E-state index in [4.69, 9.17) is 4.74 Å². The molecular formula is C66H110O10Si3. The summed E-state index contributed by atoms with van der Waals surface area (Å²) in [7, 11) is -0.534. The maximum atomic E-state index is 11.5. The Morgan fingerprint density at radius 1 is 0.570 bits per heavy atom. The van der Waals surface area contributed by atoms with E-state index in [1.165, 1.54) is 38.2 Å².